The van der Waals surface area contributed by atoms with Gasteiger partial charge in [0.25, 0.3) is 0 Å². The van der Waals surface area contributed by atoms with Crippen molar-refractivity contribution in [2.75, 3.05) is 40.9 Å². The lowest BCUT2D eigenvalue weighted by Crippen LogP contribution is -2.45. The van der Waals surface area contributed by atoms with E-state index in [1.165, 1.54) is 186 Å². The van der Waals surface area contributed by atoms with Gasteiger partial charge in [0.15, 0.2) is 0 Å². The van der Waals surface area contributed by atoms with Crippen LogP contribution in [-0.4, -0.2) is 73.4 Å². The second-order valence-corrected chi connectivity index (χ2v) is 20.7. The molecule has 1 amide bonds. The number of likely N-dealkylation sites (N-methyl/N-ethyl adjacent to an activating group) is 1. The Morgan fingerprint density at radius 2 is 0.887 bits per heavy atom. The van der Waals surface area contributed by atoms with E-state index >= 15 is 0 Å². The molecule has 0 aromatic carbocycles. The molecule has 0 saturated carbocycles. The highest BCUT2D eigenvalue weighted by Crippen LogP contribution is 2.43. The summed E-state index contributed by atoms with van der Waals surface area (Å²) in [5.74, 6) is -0.185. The number of allylic oxidation sites excluding steroid dienone is 5. The van der Waals surface area contributed by atoms with Crippen molar-refractivity contribution in [2.24, 2.45) is 0 Å². The molecule has 3 atom stereocenters. The van der Waals surface area contributed by atoms with Crippen LogP contribution in [0.3, 0.4) is 0 Å². The molecule has 0 aromatic heterocycles. The van der Waals surface area contributed by atoms with E-state index in [1.54, 1.807) is 6.08 Å². The van der Waals surface area contributed by atoms with Crippen molar-refractivity contribution in [1.29, 1.82) is 0 Å². The number of aliphatic hydroxyl groups is 1. The normalized spacial score (nSPS) is 14.4. The molecule has 0 aliphatic carbocycles. The summed E-state index contributed by atoms with van der Waals surface area (Å²) in [6.07, 6.45) is 56.6. The highest BCUT2D eigenvalue weighted by molar-refractivity contribution is 7.47. The summed E-state index contributed by atoms with van der Waals surface area (Å²) in [5, 5.41) is 13.9. The van der Waals surface area contributed by atoms with Crippen LogP contribution < -0.4 is 5.32 Å². The van der Waals surface area contributed by atoms with Crippen molar-refractivity contribution >= 4 is 13.7 Å². The second-order valence-electron chi connectivity index (χ2n) is 19.2. The zero-order valence-corrected chi connectivity index (χ0v) is 42.5. The summed E-state index contributed by atoms with van der Waals surface area (Å²) in [7, 11) is 1.56. The molecule has 0 aliphatic heterocycles. The summed E-state index contributed by atoms with van der Waals surface area (Å²) >= 11 is 0. The zero-order chi connectivity index (χ0) is 45.7. The molecule has 0 saturated heterocycles. The van der Waals surface area contributed by atoms with Gasteiger partial charge in [0.05, 0.1) is 39.9 Å². The highest BCUT2D eigenvalue weighted by atomic mass is 31.2. The highest BCUT2D eigenvalue weighted by Gasteiger charge is 2.27. The molecule has 0 fully saturated rings. The summed E-state index contributed by atoms with van der Waals surface area (Å²) in [4.78, 5) is 23.2. The van der Waals surface area contributed by atoms with Gasteiger partial charge in [-0.3, -0.25) is 13.8 Å². The molecule has 8 nitrogen and oxygen atoms in total. The van der Waals surface area contributed by atoms with Gasteiger partial charge in [0, 0.05) is 6.42 Å². The van der Waals surface area contributed by atoms with Crippen molar-refractivity contribution in [1.82, 2.24) is 5.32 Å². The maximum Gasteiger partial charge on any atom is 0.472 e. The molecule has 0 aromatic rings. The quantitative estimate of drug-likeness (QED) is 0.0243. The fourth-order valence-electron chi connectivity index (χ4n) is 7.64. The Labute approximate surface area is 385 Å². The van der Waals surface area contributed by atoms with Crippen LogP contribution in [0.5, 0.6) is 0 Å². The number of carbonyl (C=O) groups is 1. The van der Waals surface area contributed by atoms with Gasteiger partial charge in [0.1, 0.15) is 13.2 Å². The first kappa shape index (κ1) is 60.7. The van der Waals surface area contributed by atoms with Crippen molar-refractivity contribution in [2.45, 2.75) is 257 Å². The standard InChI is InChI=1S/C53H103N2O6P/c1-6-8-10-12-14-16-18-20-22-24-25-26-27-28-29-31-33-35-37-39-41-43-45-47-53(57)54-51(50-61-62(58,59)60-49-48-55(3,4)5)52(56)46-44-42-40-38-36-34-32-30-23-21-19-17-15-13-11-9-7-2/h20,22,36,38,44,46,51-52,56H,6-19,21,23-35,37,39-43,45,47-50H2,1-5H3,(H-,54,57,58,59)/p+1/b22-20+,38-36+,46-44+/t51-,52+/m0/s1. The summed E-state index contributed by atoms with van der Waals surface area (Å²) in [5.41, 5.74) is 0. The number of phosphoric acid groups is 1. The number of hydrogen-bond acceptors (Lipinski definition) is 5. The Balaban J connectivity index is 4.28. The number of unbranched alkanes of at least 4 members (excludes halogenated alkanes) is 31. The van der Waals surface area contributed by atoms with Crippen molar-refractivity contribution in [3.63, 3.8) is 0 Å². The van der Waals surface area contributed by atoms with Gasteiger partial charge >= 0.3 is 7.82 Å². The molecular formula is C53H104N2O6P+. The number of quaternary nitrogens is 1. The molecule has 62 heavy (non-hydrogen) atoms. The first-order valence-corrected chi connectivity index (χ1v) is 27.9. The van der Waals surface area contributed by atoms with E-state index in [0.717, 1.165) is 38.5 Å². The molecular weight excluding hydrogens is 792 g/mol. The number of nitrogens with one attached hydrogen (secondary N) is 1. The predicted molar refractivity (Wildman–Crippen MR) is 268 cm³/mol. The first-order chi connectivity index (χ1) is 30.0. The number of amides is 1. The largest absolute Gasteiger partial charge is 0.472 e. The second kappa shape index (κ2) is 44.9. The molecule has 0 bridgehead atoms. The van der Waals surface area contributed by atoms with Crippen molar-refractivity contribution in [3.8, 4) is 0 Å². The minimum absolute atomic E-state index is 0.0569. The molecule has 0 radical (unpaired) electrons. The van der Waals surface area contributed by atoms with E-state index in [-0.39, 0.29) is 19.1 Å². The first-order valence-electron chi connectivity index (χ1n) is 26.4. The van der Waals surface area contributed by atoms with Gasteiger partial charge in [-0.15, -0.1) is 0 Å². The lowest BCUT2D eigenvalue weighted by molar-refractivity contribution is -0.870. The number of nitrogens with zero attached hydrogens (tertiary/aromatic N) is 1. The molecule has 366 valence electrons. The van der Waals surface area contributed by atoms with E-state index < -0.39 is 20.0 Å². The van der Waals surface area contributed by atoms with Gasteiger partial charge in [-0.1, -0.05) is 217 Å². The van der Waals surface area contributed by atoms with Crippen LogP contribution in [0, 0.1) is 0 Å². The monoisotopic (exact) mass is 896 g/mol. The third kappa shape index (κ3) is 46.7. The molecule has 3 N–H and O–H groups in total. The smallest absolute Gasteiger partial charge is 0.387 e. The van der Waals surface area contributed by atoms with Crippen molar-refractivity contribution < 1.29 is 32.9 Å². The Bertz CT molecular complexity index is 1110. The maximum atomic E-state index is 12.9. The molecule has 1 unspecified atom stereocenters. The SMILES string of the molecule is CCCCCCCC/C=C/CCCCCCCCCCCCCCCC(=O)N[C@@H](COP(=O)(O)OCC[N+](C)(C)C)[C@H](O)/C=C/CC/C=C/CCCCCCCCCCCCC. The fraction of sp³-hybridized carbons (Fsp3) is 0.868. The van der Waals surface area contributed by atoms with Gasteiger partial charge in [-0.05, 0) is 57.8 Å². The minimum Gasteiger partial charge on any atom is -0.387 e. The maximum absolute atomic E-state index is 12.9. The van der Waals surface area contributed by atoms with Crippen LogP contribution in [0.15, 0.2) is 36.5 Å². The summed E-state index contributed by atoms with van der Waals surface area (Å²) < 4.78 is 23.6. The average molecular weight is 896 g/mol. The number of aliphatic hydroxyl groups excluding tert-OH is 1. The Morgan fingerprint density at radius 1 is 0.532 bits per heavy atom. The number of carbonyl (C=O) groups excluding carboxylic acids is 1. The van der Waals surface area contributed by atoms with Crippen LogP contribution in [-0.2, 0) is 18.4 Å². The van der Waals surface area contributed by atoms with Gasteiger partial charge in [0.2, 0.25) is 5.91 Å². The average Bonchev–Trinajstić information content (AvgIpc) is 3.23. The third-order valence-corrected chi connectivity index (χ3v) is 12.8. The van der Waals surface area contributed by atoms with E-state index in [2.05, 4.69) is 43.5 Å². The zero-order valence-electron chi connectivity index (χ0n) is 41.6. The van der Waals surface area contributed by atoms with Crippen LogP contribution >= 0.6 is 7.82 Å². The molecule has 0 aliphatic rings. The Hall–Kier alpha value is -1.28. The molecule has 0 spiro atoms. The summed E-state index contributed by atoms with van der Waals surface area (Å²) in [6, 6.07) is -0.862. The lowest BCUT2D eigenvalue weighted by Gasteiger charge is -2.25. The van der Waals surface area contributed by atoms with Crippen molar-refractivity contribution in [3.05, 3.63) is 36.5 Å². The predicted octanol–water partition coefficient (Wildman–Crippen LogP) is 15.4. The lowest BCUT2D eigenvalue weighted by atomic mass is 10.0. The topological polar surface area (TPSA) is 105 Å². The third-order valence-electron chi connectivity index (χ3n) is 11.8. The Kier molecular flexibility index (Phi) is 44.0. The van der Waals surface area contributed by atoms with Crippen LogP contribution in [0.4, 0.5) is 0 Å². The van der Waals surface area contributed by atoms with Crippen LogP contribution in [0.25, 0.3) is 0 Å². The van der Waals surface area contributed by atoms with Gasteiger partial charge in [-0.25, -0.2) is 4.57 Å². The number of phosphoric ester groups is 1. The van der Waals surface area contributed by atoms with E-state index in [0.29, 0.717) is 17.4 Å². The van der Waals surface area contributed by atoms with E-state index in [1.807, 2.05) is 27.2 Å². The number of rotatable bonds is 48. The van der Waals surface area contributed by atoms with Gasteiger partial charge < -0.3 is 19.8 Å². The number of hydrogen-bond donors (Lipinski definition) is 3. The molecule has 9 heteroatoms. The van der Waals surface area contributed by atoms with E-state index in [4.69, 9.17) is 9.05 Å². The minimum atomic E-state index is -4.35. The molecule has 0 heterocycles. The van der Waals surface area contributed by atoms with Crippen LogP contribution in [0.1, 0.15) is 245 Å². The fourth-order valence-corrected chi connectivity index (χ4v) is 8.38. The van der Waals surface area contributed by atoms with Crippen LogP contribution in [0.2, 0.25) is 0 Å². The van der Waals surface area contributed by atoms with Gasteiger partial charge in [-0.2, -0.15) is 0 Å². The molecule has 0 rings (SSSR count). The van der Waals surface area contributed by atoms with E-state index in [9.17, 15) is 19.4 Å². The Morgan fingerprint density at radius 3 is 1.29 bits per heavy atom. The summed E-state index contributed by atoms with van der Waals surface area (Å²) in [6.45, 7) is 4.81.